The molecule has 0 atom stereocenters. The summed E-state index contributed by atoms with van der Waals surface area (Å²) < 4.78 is 5.33. The Morgan fingerprint density at radius 3 is 2.68 bits per heavy atom. The first-order valence-electron chi connectivity index (χ1n) is 6.90. The van der Waals surface area contributed by atoms with Crippen molar-refractivity contribution in [2.75, 3.05) is 46.4 Å². The molecule has 2 aliphatic heterocycles. The number of ether oxygens (including phenoxy) is 1. The fourth-order valence-corrected chi connectivity index (χ4v) is 2.76. The fraction of sp³-hybridized carbons (Fsp3) is 0.846. The van der Waals surface area contributed by atoms with Crippen molar-refractivity contribution in [3.8, 4) is 0 Å². The first-order chi connectivity index (χ1) is 9.09. The maximum absolute atomic E-state index is 12.7. The second-order valence-corrected chi connectivity index (χ2v) is 5.49. The molecule has 0 bridgehead atoms. The molecule has 2 N–H and O–H groups in total. The van der Waals surface area contributed by atoms with Crippen molar-refractivity contribution in [2.24, 2.45) is 11.1 Å². The molecule has 108 valence electrons. The van der Waals surface area contributed by atoms with Gasteiger partial charge in [0.1, 0.15) is 0 Å². The van der Waals surface area contributed by atoms with Crippen LogP contribution in [0, 0.1) is 5.41 Å². The fourth-order valence-electron chi connectivity index (χ4n) is 2.76. The highest BCUT2D eigenvalue weighted by Crippen LogP contribution is 2.32. The zero-order valence-electron chi connectivity index (χ0n) is 11.6. The van der Waals surface area contributed by atoms with Gasteiger partial charge in [-0.1, -0.05) is 0 Å². The molecule has 2 heterocycles. The third-order valence-corrected chi connectivity index (χ3v) is 4.25. The molecule has 0 aromatic carbocycles. The first kappa shape index (κ1) is 14.3. The lowest BCUT2D eigenvalue weighted by molar-refractivity contribution is -0.149. The summed E-state index contributed by atoms with van der Waals surface area (Å²) in [5.41, 5.74) is 5.32. The van der Waals surface area contributed by atoms with Gasteiger partial charge in [-0.3, -0.25) is 9.59 Å². The first-order valence-corrected chi connectivity index (χ1v) is 6.90. The van der Waals surface area contributed by atoms with Crippen LogP contribution < -0.4 is 5.73 Å². The van der Waals surface area contributed by atoms with Crippen molar-refractivity contribution in [1.82, 2.24) is 9.80 Å². The van der Waals surface area contributed by atoms with Crippen LogP contribution in [0.5, 0.6) is 0 Å². The lowest BCUT2D eigenvalue weighted by Gasteiger charge is -2.38. The Labute approximate surface area is 113 Å². The lowest BCUT2D eigenvalue weighted by atomic mass is 9.79. The predicted octanol–water partition coefficient (Wildman–Crippen LogP) is -0.567. The minimum atomic E-state index is -0.526. The van der Waals surface area contributed by atoms with E-state index in [1.54, 1.807) is 16.8 Å². The van der Waals surface area contributed by atoms with E-state index in [0.717, 1.165) is 6.42 Å². The summed E-state index contributed by atoms with van der Waals surface area (Å²) in [4.78, 5) is 28.0. The summed E-state index contributed by atoms with van der Waals surface area (Å²) in [6.45, 7) is 3.00. The highest BCUT2D eigenvalue weighted by molar-refractivity contribution is 5.88. The summed E-state index contributed by atoms with van der Waals surface area (Å²) in [5.74, 6) is 0.0343. The van der Waals surface area contributed by atoms with Crippen LogP contribution in [0.15, 0.2) is 0 Å². The number of nitrogens with zero attached hydrogens (tertiary/aromatic N) is 2. The lowest BCUT2D eigenvalue weighted by Crippen LogP contribution is -2.52. The van der Waals surface area contributed by atoms with E-state index in [9.17, 15) is 9.59 Å². The number of carbonyl (C=O) groups is 2. The second kappa shape index (κ2) is 5.88. The third kappa shape index (κ3) is 2.90. The van der Waals surface area contributed by atoms with Crippen molar-refractivity contribution in [2.45, 2.75) is 19.3 Å². The largest absolute Gasteiger partial charge is 0.381 e. The standard InChI is InChI=1S/C13H23N3O3/c1-15-5-2-6-16(9-11(15)17)12(18)13(10-14)3-7-19-8-4-13/h2-10,14H2,1H3. The molecule has 2 amide bonds. The zero-order chi connectivity index (χ0) is 13.9. The van der Waals surface area contributed by atoms with Gasteiger partial charge in [0.05, 0.1) is 12.0 Å². The number of carbonyl (C=O) groups excluding carboxylic acids is 2. The van der Waals surface area contributed by atoms with Crippen LogP contribution in [0.2, 0.25) is 0 Å². The van der Waals surface area contributed by atoms with Gasteiger partial charge in [0, 0.05) is 39.9 Å². The van der Waals surface area contributed by atoms with Gasteiger partial charge in [0.2, 0.25) is 11.8 Å². The molecule has 2 saturated heterocycles. The molecule has 2 rings (SSSR count). The van der Waals surface area contributed by atoms with Gasteiger partial charge in [0.15, 0.2) is 0 Å². The monoisotopic (exact) mass is 269 g/mol. The molecule has 2 aliphatic rings. The molecule has 6 nitrogen and oxygen atoms in total. The normalized spacial score (nSPS) is 24.2. The van der Waals surface area contributed by atoms with E-state index < -0.39 is 5.41 Å². The van der Waals surface area contributed by atoms with E-state index in [-0.39, 0.29) is 18.4 Å². The summed E-state index contributed by atoms with van der Waals surface area (Å²) in [6, 6.07) is 0. The van der Waals surface area contributed by atoms with Crippen molar-refractivity contribution >= 4 is 11.8 Å². The number of nitrogens with two attached hydrogens (primary N) is 1. The molecule has 0 aliphatic carbocycles. The van der Waals surface area contributed by atoms with E-state index in [1.807, 2.05) is 0 Å². The van der Waals surface area contributed by atoms with Gasteiger partial charge in [0.25, 0.3) is 0 Å². The molecular weight excluding hydrogens is 246 g/mol. The number of amides is 2. The summed E-state index contributed by atoms with van der Waals surface area (Å²) in [6.07, 6.45) is 2.14. The molecular formula is C13H23N3O3. The molecule has 0 aromatic rings. The van der Waals surface area contributed by atoms with Crippen LogP contribution in [0.25, 0.3) is 0 Å². The van der Waals surface area contributed by atoms with Gasteiger partial charge < -0.3 is 20.3 Å². The number of hydrogen-bond acceptors (Lipinski definition) is 4. The second-order valence-electron chi connectivity index (χ2n) is 5.49. The molecule has 0 saturated carbocycles. The Morgan fingerprint density at radius 2 is 2.05 bits per heavy atom. The minimum Gasteiger partial charge on any atom is -0.381 e. The molecule has 0 unspecified atom stereocenters. The molecule has 2 fully saturated rings. The van der Waals surface area contributed by atoms with Crippen LogP contribution in [0.1, 0.15) is 19.3 Å². The van der Waals surface area contributed by atoms with E-state index in [2.05, 4.69) is 0 Å². The maximum atomic E-state index is 12.7. The van der Waals surface area contributed by atoms with Gasteiger partial charge in [-0.25, -0.2) is 0 Å². The zero-order valence-corrected chi connectivity index (χ0v) is 11.6. The molecule has 0 radical (unpaired) electrons. The van der Waals surface area contributed by atoms with E-state index >= 15 is 0 Å². The summed E-state index contributed by atoms with van der Waals surface area (Å²) in [5, 5.41) is 0. The van der Waals surface area contributed by atoms with Gasteiger partial charge >= 0.3 is 0 Å². The third-order valence-electron chi connectivity index (χ3n) is 4.25. The van der Waals surface area contributed by atoms with Crippen LogP contribution in [0.3, 0.4) is 0 Å². The van der Waals surface area contributed by atoms with E-state index in [1.165, 1.54) is 0 Å². The van der Waals surface area contributed by atoms with Crippen LogP contribution in [-0.2, 0) is 14.3 Å². The smallest absolute Gasteiger partial charge is 0.241 e. The average molecular weight is 269 g/mol. The average Bonchev–Trinajstić information content (AvgIpc) is 2.61. The van der Waals surface area contributed by atoms with Gasteiger partial charge in [-0.05, 0) is 19.3 Å². The Morgan fingerprint density at radius 1 is 1.37 bits per heavy atom. The molecule has 0 spiro atoms. The Hall–Kier alpha value is -1.14. The van der Waals surface area contributed by atoms with E-state index in [4.69, 9.17) is 10.5 Å². The Balaban J connectivity index is 2.10. The summed E-state index contributed by atoms with van der Waals surface area (Å²) in [7, 11) is 1.78. The summed E-state index contributed by atoms with van der Waals surface area (Å²) >= 11 is 0. The van der Waals surface area contributed by atoms with Gasteiger partial charge in [-0.15, -0.1) is 0 Å². The number of likely N-dealkylation sites (N-methyl/N-ethyl adjacent to an activating group) is 1. The van der Waals surface area contributed by atoms with Crippen LogP contribution in [0.4, 0.5) is 0 Å². The molecule has 6 heteroatoms. The van der Waals surface area contributed by atoms with Crippen LogP contribution in [-0.4, -0.2) is 68.1 Å². The van der Waals surface area contributed by atoms with Crippen molar-refractivity contribution in [3.63, 3.8) is 0 Å². The number of hydrogen-bond donors (Lipinski definition) is 1. The van der Waals surface area contributed by atoms with Crippen molar-refractivity contribution < 1.29 is 14.3 Å². The van der Waals surface area contributed by atoms with Crippen molar-refractivity contribution in [3.05, 3.63) is 0 Å². The SMILES string of the molecule is CN1CCCN(C(=O)C2(CN)CCOCC2)CC1=O. The van der Waals surface area contributed by atoms with Crippen molar-refractivity contribution in [1.29, 1.82) is 0 Å². The highest BCUT2D eigenvalue weighted by atomic mass is 16.5. The molecule has 19 heavy (non-hydrogen) atoms. The quantitative estimate of drug-likeness (QED) is 0.728. The van der Waals surface area contributed by atoms with Gasteiger partial charge in [-0.2, -0.15) is 0 Å². The maximum Gasteiger partial charge on any atom is 0.241 e. The Kier molecular flexibility index (Phi) is 4.42. The Bertz CT molecular complexity index is 353. The number of rotatable bonds is 2. The highest BCUT2D eigenvalue weighted by Gasteiger charge is 2.42. The topological polar surface area (TPSA) is 75.9 Å². The van der Waals surface area contributed by atoms with Crippen LogP contribution >= 0.6 is 0 Å². The predicted molar refractivity (Wildman–Crippen MR) is 70.4 cm³/mol. The minimum absolute atomic E-state index is 0.00470. The molecule has 0 aromatic heterocycles. The van der Waals surface area contributed by atoms with E-state index in [0.29, 0.717) is 45.7 Å².